The van der Waals surface area contributed by atoms with E-state index in [-0.39, 0.29) is 0 Å². The number of rotatable bonds is 2. The van der Waals surface area contributed by atoms with E-state index in [1.807, 2.05) is 11.8 Å². The molecule has 0 saturated carbocycles. The van der Waals surface area contributed by atoms with Crippen LogP contribution in [0.4, 0.5) is 0 Å². The van der Waals surface area contributed by atoms with Crippen molar-refractivity contribution in [1.82, 2.24) is 9.13 Å². The summed E-state index contributed by atoms with van der Waals surface area (Å²) in [4.78, 5) is 2.62. The molecule has 3 heterocycles. The summed E-state index contributed by atoms with van der Waals surface area (Å²) in [6.07, 6.45) is 0. The number of para-hydroxylation sites is 2. The number of hydrogen-bond acceptors (Lipinski definition) is 1. The highest BCUT2D eigenvalue weighted by Gasteiger charge is 2.50. The van der Waals surface area contributed by atoms with Crippen LogP contribution >= 0.6 is 11.8 Å². The fourth-order valence-corrected chi connectivity index (χ4v) is 11.6. The van der Waals surface area contributed by atoms with Crippen molar-refractivity contribution in [3.63, 3.8) is 0 Å². The van der Waals surface area contributed by atoms with Crippen molar-refractivity contribution >= 4 is 66.1 Å². The summed E-state index contributed by atoms with van der Waals surface area (Å²) in [5.74, 6) is 0. The summed E-state index contributed by atoms with van der Waals surface area (Å²) in [5, 5.41) is 7.66. The molecule has 13 rings (SSSR count). The number of hydrogen-bond donors (Lipinski definition) is 0. The van der Waals surface area contributed by atoms with Gasteiger partial charge < -0.3 is 9.13 Å². The molecule has 2 aromatic heterocycles. The minimum Gasteiger partial charge on any atom is -0.309 e. The highest BCUT2D eigenvalue weighted by molar-refractivity contribution is 7.99. The van der Waals surface area contributed by atoms with Crippen molar-refractivity contribution in [2.45, 2.75) is 15.2 Å². The van der Waals surface area contributed by atoms with E-state index in [4.69, 9.17) is 0 Å². The van der Waals surface area contributed by atoms with Gasteiger partial charge in [-0.25, -0.2) is 0 Å². The second kappa shape index (κ2) is 11.1. The van der Waals surface area contributed by atoms with Gasteiger partial charge in [0.25, 0.3) is 0 Å². The Morgan fingerprint density at radius 1 is 0.339 bits per heavy atom. The third kappa shape index (κ3) is 3.83. The molecular weight excluding hydrogens is 697 g/mol. The van der Waals surface area contributed by atoms with E-state index in [9.17, 15) is 0 Å². The molecule has 56 heavy (non-hydrogen) atoms. The van der Waals surface area contributed by atoms with E-state index < -0.39 is 5.41 Å². The van der Waals surface area contributed by atoms with Crippen LogP contribution < -0.4 is 0 Å². The van der Waals surface area contributed by atoms with Crippen molar-refractivity contribution in [2.75, 3.05) is 0 Å². The van der Waals surface area contributed by atoms with E-state index in [0.29, 0.717) is 0 Å². The van der Waals surface area contributed by atoms with Crippen LogP contribution in [0.2, 0.25) is 0 Å². The number of aromatic nitrogens is 2. The number of fused-ring (bicyclic) bond motifs is 17. The van der Waals surface area contributed by atoms with E-state index in [0.717, 1.165) is 11.4 Å². The Morgan fingerprint density at radius 2 is 0.875 bits per heavy atom. The van der Waals surface area contributed by atoms with Gasteiger partial charge in [-0.3, -0.25) is 0 Å². The van der Waals surface area contributed by atoms with E-state index in [2.05, 4.69) is 203 Å². The van der Waals surface area contributed by atoms with Gasteiger partial charge in [0, 0.05) is 42.7 Å². The molecule has 0 saturated heterocycles. The standard InChI is InChI=1S/C53H32N2S/c1-2-14-36-33(13-1)25-30-48-52(36)41-31-45-51(56-50-24-12-9-21-44(50)53(45)42-19-7-3-15-37(42)38-16-4-8-20-43(38)53)32-49(41)55(48)35-28-26-34(27-29-35)54-46-22-10-5-17-39(46)40-18-6-11-23-47(40)54/h1-32H. The Bertz CT molecular complexity index is 3360. The van der Waals surface area contributed by atoms with Crippen LogP contribution in [0.25, 0.3) is 76.9 Å². The average molecular weight is 729 g/mol. The molecule has 0 atom stereocenters. The van der Waals surface area contributed by atoms with E-state index in [1.165, 1.54) is 97.6 Å². The summed E-state index contributed by atoms with van der Waals surface area (Å²) in [5.41, 5.74) is 14.9. The fourth-order valence-electron chi connectivity index (χ4n) is 10.4. The molecule has 1 aliphatic heterocycles. The van der Waals surface area contributed by atoms with Crippen LogP contribution in [0.1, 0.15) is 22.3 Å². The molecule has 0 unspecified atom stereocenters. The molecule has 260 valence electrons. The van der Waals surface area contributed by atoms with Crippen LogP contribution in [0, 0.1) is 0 Å². The first-order chi connectivity index (χ1) is 27.8. The smallest absolute Gasteiger partial charge is 0.0735 e. The minimum absolute atomic E-state index is 0.429. The van der Waals surface area contributed by atoms with Crippen molar-refractivity contribution < 1.29 is 0 Å². The zero-order valence-corrected chi connectivity index (χ0v) is 31.1. The second-order valence-corrected chi connectivity index (χ2v) is 16.3. The molecule has 1 spiro atoms. The highest BCUT2D eigenvalue weighted by Crippen LogP contribution is 2.62. The third-order valence-corrected chi connectivity index (χ3v) is 13.7. The summed E-state index contributed by atoms with van der Waals surface area (Å²) in [6.45, 7) is 0. The third-order valence-electron chi connectivity index (χ3n) is 12.6. The highest BCUT2D eigenvalue weighted by atomic mass is 32.2. The average Bonchev–Trinajstić information content (AvgIpc) is 3.88. The summed E-state index contributed by atoms with van der Waals surface area (Å²) < 4.78 is 4.90. The first-order valence-electron chi connectivity index (χ1n) is 19.4. The Balaban J connectivity index is 1.11. The lowest BCUT2D eigenvalue weighted by molar-refractivity contribution is 0.724. The molecule has 0 radical (unpaired) electrons. The van der Waals surface area contributed by atoms with Crippen molar-refractivity contribution in [1.29, 1.82) is 0 Å². The van der Waals surface area contributed by atoms with Crippen molar-refractivity contribution in [3.8, 4) is 22.5 Å². The maximum atomic E-state index is 2.56. The predicted molar refractivity (Wildman–Crippen MR) is 234 cm³/mol. The molecule has 0 bridgehead atoms. The van der Waals surface area contributed by atoms with Gasteiger partial charge in [0.05, 0.1) is 27.5 Å². The SMILES string of the molecule is c1ccc2c(c1)Sc1cc3c(cc1C21c2ccccc2-c2ccccc21)c1c2ccccc2ccc1n3-c1ccc(-n2c3ccccc3c3ccccc32)cc1. The van der Waals surface area contributed by atoms with Gasteiger partial charge in [-0.2, -0.15) is 0 Å². The van der Waals surface area contributed by atoms with Gasteiger partial charge in [-0.1, -0.05) is 145 Å². The minimum atomic E-state index is -0.429. The Hall–Kier alpha value is -6.81. The van der Waals surface area contributed by atoms with Crippen LogP contribution in [0.5, 0.6) is 0 Å². The molecule has 3 heteroatoms. The Kier molecular flexibility index (Phi) is 6.06. The molecule has 2 nitrogen and oxygen atoms in total. The van der Waals surface area contributed by atoms with E-state index in [1.54, 1.807) is 0 Å². The van der Waals surface area contributed by atoms with Crippen molar-refractivity contribution in [3.05, 3.63) is 216 Å². The summed E-state index contributed by atoms with van der Waals surface area (Å²) in [6, 6.07) is 72.5. The molecule has 0 fully saturated rings. The topological polar surface area (TPSA) is 9.86 Å². The maximum Gasteiger partial charge on any atom is 0.0735 e. The first kappa shape index (κ1) is 30.5. The Labute approximate surface area is 327 Å². The van der Waals surface area contributed by atoms with Gasteiger partial charge in [0.2, 0.25) is 0 Å². The Morgan fingerprint density at radius 3 is 1.55 bits per heavy atom. The summed E-state index contributed by atoms with van der Waals surface area (Å²) >= 11 is 1.91. The van der Waals surface area contributed by atoms with Gasteiger partial charge in [0.15, 0.2) is 0 Å². The first-order valence-corrected chi connectivity index (χ1v) is 20.2. The molecule has 0 N–H and O–H groups in total. The second-order valence-electron chi connectivity index (χ2n) is 15.2. The van der Waals surface area contributed by atoms with Crippen LogP contribution in [-0.2, 0) is 5.41 Å². The largest absolute Gasteiger partial charge is 0.309 e. The lowest BCUT2D eigenvalue weighted by Crippen LogP contribution is -2.31. The summed E-state index contributed by atoms with van der Waals surface area (Å²) in [7, 11) is 0. The maximum absolute atomic E-state index is 2.56. The van der Waals surface area contributed by atoms with Crippen molar-refractivity contribution in [2.24, 2.45) is 0 Å². The normalized spacial score (nSPS) is 13.8. The quantitative estimate of drug-likeness (QED) is 0.172. The number of nitrogens with zero attached hydrogens (tertiary/aromatic N) is 2. The van der Waals surface area contributed by atoms with Gasteiger partial charge in [-0.05, 0) is 105 Å². The van der Waals surface area contributed by atoms with Crippen LogP contribution in [0.15, 0.2) is 204 Å². The number of benzene rings is 9. The molecule has 2 aliphatic rings. The van der Waals surface area contributed by atoms with Crippen LogP contribution in [0.3, 0.4) is 0 Å². The molecular formula is C53H32N2S. The predicted octanol–water partition coefficient (Wildman–Crippen LogP) is 13.9. The molecule has 11 aromatic rings. The van der Waals surface area contributed by atoms with Gasteiger partial charge in [-0.15, -0.1) is 0 Å². The lowest BCUT2D eigenvalue weighted by atomic mass is 9.67. The molecule has 1 aliphatic carbocycles. The van der Waals surface area contributed by atoms with Gasteiger partial charge >= 0.3 is 0 Å². The zero-order chi connectivity index (χ0) is 36.5. The lowest BCUT2D eigenvalue weighted by Gasteiger charge is -2.39. The van der Waals surface area contributed by atoms with Crippen LogP contribution in [-0.4, -0.2) is 9.13 Å². The monoisotopic (exact) mass is 728 g/mol. The molecule has 0 amide bonds. The van der Waals surface area contributed by atoms with E-state index >= 15 is 0 Å². The fraction of sp³-hybridized carbons (Fsp3) is 0.0189. The van der Waals surface area contributed by atoms with Gasteiger partial charge in [0.1, 0.15) is 0 Å². The zero-order valence-electron chi connectivity index (χ0n) is 30.3. The molecule has 9 aromatic carbocycles.